The summed E-state index contributed by atoms with van der Waals surface area (Å²) in [4.78, 5) is 16.4. The second-order valence-electron chi connectivity index (χ2n) is 6.33. The number of likely N-dealkylation sites (tertiary alicyclic amines) is 1. The highest BCUT2D eigenvalue weighted by Crippen LogP contribution is 2.20. The summed E-state index contributed by atoms with van der Waals surface area (Å²) in [6.45, 7) is 6.73. The van der Waals surface area contributed by atoms with Crippen molar-refractivity contribution in [2.45, 2.75) is 57.2 Å². The minimum Gasteiger partial charge on any atom is -0.368 e. The molecule has 5 heteroatoms. The van der Waals surface area contributed by atoms with E-state index < -0.39 is 0 Å². The van der Waals surface area contributed by atoms with Crippen LogP contribution in [0.4, 0.5) is 0 Å². The van der Waals surface area contributed by atoms with E-state index in [2.05, 4.69) is 29.1 Å². The SMILES string of the molecule is CCN1CCC(N(C)CCC(NC2CC2)C(N)=O)CC1. The smallest absolute Gasteiger partial charge is 0.234 e. The normalized spacial score (nSPS) is 23.1. The third kappa shape index (κ3) is 4.72. The van der Waals surface area contributed by atoms with Gasteiger partial charge in [-0.05, 0) is 58.8 Å². The van der Waals surface area contributed by atoms with Crippen molar-refractivity contribution in [1.82, 2.24) is 15.1 Å². The van der Waals surface area contributed by atoms with E-state index in [9.17, 15) is 4.79 Å². The molecule has 2 rings (SSSR count). The van der Waals surface area contributed by atoms with Gasteiger partial charge in [-0.2, -0.15) is 0 Å². The number of nitrogens with one attached hydrogen (secondary N) is 1. The zero-order valence-electron chi connectivity index (χ0n) is 13.0. The van der Waals surface area contributed by atoms with Crippen molar-refractivity contribution in [2.75, 3.05) is 33.2 Å². The highest BCUT2D eigenvalue weighted by molar-refractivity contribution is 5.79. The number of carbonyl (C=O) groups is 1. The van der Waals surface area contributed by atoms with E-state index in [0.29, 0.717) is 12.1 Å². The topological polar surface area (TPSA) is 61.6 Å². The number of amides is 1. The summed E-state index contributed by atoms with van der Waals surface area (Å²) in [6, 6.07) is 1.04. The number of rotatable bonds is 8. The predicted octanol–water partition coefficient (Wildman–Crippen LogP) is 0.399. The lowest BCUT2D eigenvalue weighted by Gasteiger charge is -2.36. The quantitative estimate of drug-likeness (QED) is 0.676. The zero-order chi connectivity index (χ0) is 14.5. The first-order valence-electron chi connectivity index (χ1n) is 8.08. The van der Waals surface area contributed by atoms with Gasteiger partial charge in [0.2, 0.25) is 5.91 Å². The molecule has 0 aromatic heterocycles. The molecule has 1 amide bonds. The Kier molecular flexibility index (Phi) is 5.81. The van der Waals surface area contributed by atoms with E-state index in [4.69, 9.17) is 5.73 Å². The number of nitrogens with two attached hydrogens (primary N) is 1. The van der Waals surface area contributed by atoms with Gasteiger partial charge in [0.1, 0.15) is 0 Å². The molecule has 0 spiro atoms. The Morgan fingerprint density at radius 3 is 2.50 bits per heavy atom. The molecule has 2 fully saturated rings. The summed E-state index contributed by atoms with van der Waals surface area (Å²) >= 11 is 0. The van der Waals surface area contributed by atoms with Crippen LogP contribution in [0.15, 0.2) is 0 Å². The summed E-state index contributed by atoms with van der Waals surface area (Å²) in [7, 11) is 2.18. The summed E-state index contributed by atoms with van der Waals surface area (Å²) in [5, 5.41) is 3.36. The Hall–Kier alpha value is -0.650. The third-order valence-corrected chi connectivity index (χ3v) is 4.76. The summed E-state index contributed by atoms with van der Waals surface area (Å²) < 4.78 is 0. The van der Waals surface area contributed by atoms with Gasteiger partial charge in [0.25, 0.3) is 0 Å². The minimum absolute atomic E-state index is 0.152. The van der Waals surface area contributed by atoms with E-state index in [1.54, 1.807) is 0 Å². The number of piperidine rings is 1. The lowest BCUT2D eigenvalue weighted by Crippen LogP contribution is -2.47. The second kappa shape index (κ2) is 7.38. The number of primary amides is 1. The molecule has 1 aliphatic heterocycles. The molecule has 1 unspecified atom stereocenters. The van der Waals surface area contributed by atoms with Crippen LogP contribution in [0.25, 0.3) is 0 Å². The van der Waals surface area contributed by atoms with Gasteiger partial charge in [-0.3, -0.25) is 4.79 Å². The predicted molar refractivity (Wildman–Crippen MR) is 81.5 cm³/mol. The molecule has 2 aliphatic rings. The maximum Gasteiger partial charge on any atom is 0.234 e. The summed E-state index contributed by atoms with van der Waals surface area (Å²) in [6.07, 6.45) is 5.68. The number of carbonyl (C=O) groups excluding carboxylic acids is 1. The van der Waals surface area contributed by atoms with Gasteiger partial charge in [0, 0.05) is 18.6 Å². The lowest BCUT2D eigenvalue weighted by molar-refractivity contribution is -0.120. The van der Waals surface area contributed by atoms with Gasteiger partial charge in [0.05, 0.1) is 6.04 Å². The molecule has 5 nitrogen and oxygen atoms in total. The van der Waals surface area contributed by atoms with E-state index in [1.807, 2.05) is 0 Å². The molecule has 1 heterocycles. The van der Waals surface area contributed by atoms with Crippen LogP contribution in [-0.4, -0.2) is 67.1 Å². The van der Waals surface area contributed by atoms with Crippen LogP contribution in [0.2, 0.25) is 0 Å². The molecule has 0 bridgehead atoms. The van der Waals surface area contributed by atoms with Crippen LogP contribution in [0.1, 0.15) is 39.0 Å². The fraction of sp³-hybridized carbons (Fsp3) is 0.933. The van der Waals surface area contributed by atoms with Crippen molar-refractivity contribution >= 4 is 5.91 Å². The third-order valence-electron chi connectivity index (χ3n) is 4.76. The van der Waals surface area contributed by atoms with Crippen molar-refractivity contribution in [2.24, 2.45) is 5.73 Å². The van der Waals surface area contributed by atoms with Crippen molar-refractivity contribution < 1.29 is 4.79 Å². The van der Waals surface area contributed by atoms with E-state index in [0.717, 1.165) is 19.5 Å². The molecule has 3 N–H and O–H groups in total. The largest absolute Gasteiger partial charge is 0.368 e. The molecule has 0 radical (unpaired) electrons. The Morgan fingerprint density at radius 2 is 2.00 bits per heavy atom. The van der Waals surface area contributed by atoms with Gasteiger partial charge in [-0.25, -0.2) is 0 Å². The van der Waals surface area contributed by atoms with Gasteiger partial charge in [0.15, 0.2) is 0 Å². The van der Waals surface area contributed by atoms with Crippen molar-refractivity contribution in [3.8, 4) is 0 Å². The van der Waals surface area contributed by atoms with Crippen molar-refractivity contribution in [1.29, 1.82) is 0 Å². The highest BCUT2D eigenvalue weighted by atomic mass is 16.1. The van der Waals surface area contributed by atoms with Crippen LogP contribution >= 0.6 is 0 Å². The number of nitrogens with zero attached hydrogens (tertiary/aromatic N) is 2. The maximum absolute atomic E-state index is 11.5. The van der Waals surface area contributed by atoms with Gasteiger partial charge >= 0.3 is 0 Å². The number of hydrogen-bond donors (Lipinski definition) is 2. The van der Waals surface area contributed by atoms with Crippen LogP contribution in [-0.2, 0) is 4.79 Å². The van der Waals surface area contributed by atoms with Gasteiger partial charge in [-0.1, -0.05) is 6.92 Å². The standard InChI is InChI=1S/C15H30N4O/c1-3-19-10-6-13(7-11-19)18(2)9-8-14(15(16)20)17-12-4-5-12/h12-14,17H,3-11H2,1-2H3,(H2,16,20). The maximum atomic E-state index is 11.5. The monoisotopic (exact) mass is 282 g/mol. The Bertz CT molecular complexity index is 311. The second-order valence-corrected chi connectivity index (χ2v) is 6.33. The molecular formula is C15H30N4O. The molecular weight excluding hydrogens is 252 g/mol. The fourth-order valence-electron chi connectivity index (χ4n) is 3.03. The Balaban J connectivity index is 1.70. The first-order chi connectivity index (χ1) is 9.60. The molecule has 0 aromatic rings. The average molecular weight is 282 g/mol. The zero-order valence-corrected chi connectivity index (χ0v) is 13.0. The molecule has 1 atom stereocenters. The van der Waals surface area contributed by atoms with Gasteiger partial charge < -0.3 is 20.9 Å². The minimum atomic E-state index is -0.203. The van der Waals surface area contributed by atoms with E-state index in [-0.39, 0.29) is 11.9 Å². The van der Waals surface area contributed by atoms with Crippen LogP contribution in [0.5, 0.6) is 0 Å². The molecule has 1 aliphatic carbocycles. The average Bonchev–Trinajstić information content (AvgIpc) is 3.27. The lowest BCUT2D eigenvalue weighted by atomic mass is 10.0. The summed E-state index contributed by atoms with van der Waals surface area (Å²) in [5.41, 5.74) is 5.49. The Labute approximate surface area is 122 Å². The molecule has 20 heavy (non-hydrogen) atoms. The first-order valence-corrected chi connectivity index (χ1v) is 8.08. The molecule has 0 aromatic carbocycles. The van der Waals surface area contributed by atoms with Crippen LogP contribution in [0, 0.1) is 0 Å². The summed E-state index contributed by atoms with van der Waals surface area (Å²) in [5.74, 6) is -0.203. The molecule has 1 saturated carbocycles. The van der Waals surface area contributed by atoms with Crippen LogP contribution < -0.4 is 11.1 Å². The molecule has 116 valence electrons. The van der Waals surface area contributed by atoms with Crippen molar-refractivity contribution in [3.63, 3.8) is 0 Å². The fourth-order valence-corrected chi connectivity index (χ4v) is 3.03. The van der Waals surface area contributed by atoms with Crippen molar-refractivity contribution in [3.05, 3.63) is 0 Å². The number of hydrogen-bond acceptors (Lipinski definition) is 4. The van der Waals surface area contributed by atoms with E-state index >= 15 is 0 Å². The van der Waals surface area contributed by atoms with Gasteiger partial charge in [-0.15, -0.1) is 0 Å². The van der Waals surface area contributed by atoms with E-state index in [1.165, 1.54) is 38.8 Å². The van der Waals surface area contributed by atoms with Crippen LogP contribution in [0.3, 0.4) is 0 Å². The first kappa shape index (κ1) is 15.7. The molecule has 1 saturated heterocycles. The highest BCUT2D eigenvalue weighted by Gasteiger charge is 2.28. The Morgan fingerprint density at radius 1 is 1.35 bits per heavy atom.